The molecule has 0 aliphatic carbocycles. The van der Waals surface area contributed by atoms with Gasteiger partial charge in [-0.25, -0.2) is 8.42 Å². The van der Waals surface area contributed by atoms with Crippen molar-refractivity contribution < 1.29 is 8.42 Å². The van der Waals surface area contributed by atoms with E-state index in [9.17, 15) is 8.42 Å². The highest BCUT2D eigenvalue weighted by molar-refractivity contribution is 7.92. The molecule has 0 saturated heterocycles. The third-order valence-corrected chi connectivity index (χ3v) is 2.88. The fraction of sp³-hybridized carbons (Fsp3) is 0.375. The van der Waals surface area contributed by atoms with E-state index in [1.165, 1.54) is 6.08 Å². The molecule has 14 heavy (non-hydrogen) atoms. The molecule has 0 aliphatic heterocycles. The average Bonchev–Trinajstić information content (AvgIpc) is 2.50. The Morgan fingerprint density at radius 1 is 1.71 bits per heavy atom. The van der Waals surface area contributed by atoms with E-state index in [4.69, 9.17) is 0 Å². The zero-order valence-electron chi connectivity index (χ0n) is 7.95. The van der Waals surface area contributed by atoms with Crippen molar-refractivity contribution in [2.24, 2.45) is 0 Å². The quantitative estimate of drug-likeness (QED) is 0.716. The van der Waals surface area contributed by atoms with E-state index >= 15 is 0 Å². The van der Waals surface area contributed by atoms with Gasteiger partial charge in [0.05, 0.1) is 11.9 Å². The topological polar surface area (TPSA) is 74.8 Å². The molecule has 78 valence electrons. The van der Waals surface area contributed by atoms with Crippen molar-refractivity contribution in [2.45, 2.75) is 13.3 Å². The summed E-state index contributed by atoms with van der Waals surface area (Å²) >= 11 is 0. The van der Waals surface area contributed by atoms with E-state index in [-0.39, 0.29) is 5.75 Å². The summed E-state index contributed by atoms with van der Waals surface area (Å²) in [5, 5.41) is 6.36. The van der Waals surface area contributed by atoms with Gasteiger partial charge >= 0.3 is 0 Å². The van der Waals surface area contributed by atoms with Crippen LogP contribution in [0.25, 0.3) is 0 Å². The second-order valence-corrected chi connectivity index (χ2v) is 4.56. The van der Waals surface area contributed by atoms with E-state index in [1.807, 2.05) is 6.92 Å². The Kier molecular flexibility index (Phi) is 3.29. The van der Waals surface area contributed by atoms with Gasteiger partial charge in [0, 0.05) is 5.56 Å². The number of aromatic amines is 1. The molecule has 6 heteroatoms. The Morgan fingerprint density at radius 3 is 3.00 bits per heavy atom. The number of rotatable bonds is 5. The smallest absolute Gasteiger partial charge is 0.237 e. The molecule has 2 N–H and O–H groups in total. The number of H-pyrrole nitrogens is 1. The maximum atomic E-state index is 11.3. The number of aryl methyl sites for hydroxylation is 1. The first-order valence-corrected chi connectivity index (χ1v) is 5.88. The second-order valence-electron chi connectivity index (χ2n) is 2.80. The molecule has 0 radical (unpaired) electrons. The predicted octanol–water partition coefficient (Wildman–Crippen LogP) is 0.900. The minimum absolute atomic E-state index is 0.102. The van der Waals surface area contributed by atoms with Crippen LogP contribution in [0.5, 0.6) is 0 Å². The first kappa shape index (κ1) is 10.8. The first-order chi connectivity index (χ1) is 6.59. The average molecular weight is 215 g/mol. The zero-order chi connectivity index (χ0) is 10.6. The van der Waals surface area contributed by atoms with Gasteiger partial charge in [-0.3, -0.25) is 9.82 Å². The maximum absolute atomic E-state index is 11.3. The number of hydrogen-bond acceptors (Lipinski definition) is 3. The first-order valence-electron chi connectivity index (χ1n) is 4.22. The van der Waals surface area contributed by atoms with Gasteiger partial charge in [-0.15, -0.1) is 6.58 Å². The van der Waals surface area contributed by atoms with Crippen LogP contribution in [-0.2, 0) is 16.4 Å². The van der Waals surface area contributed by atoms with Gasteiger partial charge in [-0.1, -0.05) is 13.0 Å². The minimum Gasteiger partial charge on any atom is -0.267 e. The summed E-state index contributed by atoms with van der Waals surface area (Å²) in [5.74, 6) is 0.337. The highest BCUT2D eigenvalue weighted by Gasteiger charge is 2.11. The van der Waals surface area contributed by atoms with Crippen molar-refractivity contribution in [1.29, 1.82) is 0 Å². The molecule has 0 aliphatic rings. The molecule has 0 bridgehead atoms. The molecule has 0 spiro atoms. The third-order valence-electron chi connectivity index (χ3n) is 1.69. The molecule has 0 aromatic carbocycles. The summed E-state index contributed by atoms with van der Waals surface area (Å²) in [6, 6.07) is 0. The van der Waals surface area contributed by atoms with Crippen molar-refractivity contribution in [3.63, 3.8) is 0 Å². The summed E-state index contributed by atoms with van der Waals surface area (Å²) in [6.45, 7) is 5.30. The van der Waals surface area contributed by atoms with Crippen LogP contribution < -0.4 is 4.72 Å². The molecule has 5 nitrogen and oxygen atoms in total. The van der Waals surface area contributed by atoms with Crippen molar-refractivity contribution in [1.82, 2.24) is 10.2 Å². The molecule has 1 rings (SSSR count). The van der Waals surface area contributed by atoms with E-state index in [0.717, 1.165) is 12.0 Å². The number of sulfonamides is 1. The molecule has 0 fully saturated rings. The lowest BCUT2D eigenvalue weighted by atomic mass is 10.3. The molecule has 1 aromatic heterocycles. The highest BCUT2D eigenvalue weighted by Crippen LogP contribution is 2.12. The lowest BCUT2D eigenvalue weighted by Gasteiger charge is -2.04. The lowest BCUT2D eigenvalue weighted by molar-refractivity contribution is 0.604. The van der Waals surface area contributed by atoms with Crippen LogP contribution in [0.2, 0.25) is 0 Å². The molecule has 1 aromatic rings. The SMILES string of the molecule is C=CCS(=O)(=O)Nc1[nH]ncc1CC. The van der Waals surface area contributed by atoms with Crippen LogP contribution in [0.15, 0.2) is 18.9 Å². The number of anilines is 1. The Labute approximate surface area is 83.3 Å². The van der Waals surface area contributed by atoms with Crippen LogP contribution in [-0.4, -0.2) is 24.4 Å². The Balaban J connectivity index is 2.83. The highest BCUT2D eigenvalue weighted by atomic mass is 32.2. The Hall–Kier alpha value is -1.30. The fourth-order valence-corrected chi connectivity index (χ4v) is 1.90. The Bertz CT molecular complexity index is 408. The maximum Gasteiger partial charge on any atom is 0.237 e. The van der Waals surface area contributed by atoms with Crippen LogP contribution in [0.3, 0.4) is 0 Å². The van der Waals surface area contributed by atoms with Gasteiger partial charge < -0.3 is 0 Å². The summed E-state index contributed by atoms with van der Waals surface area (Å²) in [4.78, 5) is 0. The van der Waals surface area contributed by atoms with Crippen molar-refractivity contribution >= 4 is 15.8 Å². The van der Waals surface area contributed by atoms with Crippen molar-refractivity contribution in [3.8, 4) is 0 Å². The van der Waals surface area contributed by atoms with Gasteiger partial charge in [-0.2, -0.15) is 5.10 Å². The third kappa shape index (κ3) is 2.59. The molecule has 0 atom stereocenters. The summed E-state index contributed by atoms with van der Waals surface area (Å²) in [6.07, 6.45) is 3.67. The monoisotopic (exact) mass is 215 g/mol. The predicted molar refractivity (Wildman–Crippen MR) is 55.6 cm³/mol. The largest absolute Gasteiger partial charge is 0.267 e. The van der Waals surface area contributed by atoms with E-state index in [0.29, 0.717) is 5.82 Å². The van der Waals surface area contributed by atoms with Gasteiger partial charge in [0.1, 0.15) is 5.82 Å². The van der Waals surface area contributed by atoms with Crippen molar-refractivity contribution in [3.05, 3.63) is 24.4 Å². The molecular formula is C8H13N3O2S. The van der Waals surface area contributed by atoms with E-state index in [1.54, 1.807) is 6.20 Å². The van der Waals surface area contributed by atoms with Crippen LogP contribution in [0, 0.1) is 0 Å². The van der Waals surface area contributed by atoms with E-state index < -0.39 is 10.0 Å². The van der Waals surface area contributed by atoms with Gasteiger partial charge in [0.15, 0.2) is 0 Å². The van der Waals surface area contributed by atoms with Gasteiger partial charge in [0.25, 0.3) is 0 Å². The Morgan fingerprint density at radius 2 is 2.43 bits per heavy atom. The van der Waals surface area contributed by atoms with Gasteiger partial charge in [-0.05, 0) is 6.42 Å². The molecular weight excluding hydrogens is 202 g/mol. The van der Waals surface area contributed by atoms with Gasteiger partial charge in [0.2, 0.25) is 10.0 Å². The van der Waals surface area contributed by atoms with Crippen LogP contribution >= 0.6 is 0 Å². The van der Waals surface area contributed by atoms with Crippen LogP contribution in [0.1, 0.15) is 12.5 Å². The second kappa shape index (κ2) is 4.28. The lowest BCUT2D eigenvalue weighted by Crippen LogP contribution is -2.16. The number of hydrogen-bond donors (Lipinski definition) is 2. The summed E-state index contributed by atoms with van der Waals surface area (Å²) in [5.41, 5.74) is 0.845. The molecule has 0 unspecified atom stereocenters. The molecule has 0 amide bonds. The summed E-state index contributed by atoms with van der Waals surface area (Å²) < 4.78 is 25.1. The van der Waals surface area contributed by atoms with Crippen molar-refractivity contribution in [2.75, 3.05) is 10.5 Å². The summed E-state index contributed by atoms with van der Waals surface area (Å²) in [7, 11) is -3.33. The minimum atomic E-state index is -3.33. The molecule has 0 saturated carbocycles. The fourth-order valence-electron chi connectivity index (χ4n) is 1.02. The number of nitrogens with zero attached hydrogens (tertiary/aromatic N) is 1. The standard InChI is InChI=1S/C8H13N3O2S/c1-3-5-14(12,13)11-8-7(4-2)6-9-10-8/h3,6H,1,4-5H2,2H3,(H2,9,10,11). The zero-order valence-corrected chi connectivity index (χ0v) is 8.76. The van der Waals surface area contributed by atoms with Crippen LogP contribution in [0.4, 0.5) is 5.82 Å². The normalized spacial score (nSPS) is 11.2. The molecule has 1 heterocycles. The number of aromatic nitrogens is 2. The number of nitrogens with one attached hydrogen (secondary N) is 2. The van der Waals surface area contributed by atoms with E-state index in [2.05, 4.69) is 21.5 Å².